The van der Waals surface area contributed by atoms with Crippen LogP contribution < -0.4 is 24.0 Å². The van der Waals surface area contributed by atoms with E-state index in [0.29, 0.717) is 40.5 Å². The summed E-state index contributed by atoms with van der Waals surface area (Å²) >= 11 is 0. The van der Waals surface area contributed by atoms with E-state index in [9.17, 15) is 14.7 Å². The summed E-state index contributed by atoms with van der Waals surface area (Å²) in [5.74, 6) is 1.30. The molecule has 2 fully saturated rings. The number of likely N-dealkylation sites (tertiary alicyclic amines) is 1. The lowest BCUT2D eigenvalue weighted by Gasteiger charge is -2.60. The van der Waals surface area contributed by atoms with Gasteiger partial charge in [-0.05, 0) is 51.3 Å². The molecule has 2 aromatic carbocycles. The Kier molecular flexibility index (Phi) is 6.15. The van der Waals surface area contributed by atoms with Crippen molar-refractivity contribution in [2.24, 2.45) is 0 Å². The van der Waals surface area contributed by atoms with E-state index in [4.69, 9.17) is 18.9 Å². The summed E-state index contributed by atoms with van der Waals surface area (Å²) in [5, 5.41) is 13.1. The summed E-state index contributed by atoms with van der Waals surface area (Å²) in [7, 11) is 6.74. The van der Waals surface area contributed by atoms with E-state index in [1.165, 1.54) is 0 Å². The molecule has 1 unspecified atom stereocenters. The maximum atomic E-state index is 14.1. The number of likely N-dealkylation sites (N-methyl/N-ethyl adjacent to an activating group) is 1. The van der Waals surface area contributed by atoms with E-state index in [-0.39, 0.29) is 25.3 Å². The molecule has 41 heavy (non-hydrogen) atoms. The molecule has 6 rings (SSSR count). The summed E-state index contributed by atoms with van der Waals surface area (Å²) in [6, 6.07) is 6.90. The molecule has 0 aromatic heterocycles. The molecule has 2 saturated heterocycles. The average Bonchev–Trinajstić information content (AvgIpc) is 3.42. The summed E-state index contributed by atoms with van der Waals surface area (Å²) in [4.78, 5) is 33.5. The molecule has 4 aliphatic rings. The van der Waals surface area contributed by atoms with E-state index in [1.807, 2.05) is 46.0 Å². The van der Waals surface area contributed by atoms with Crippen molar-refractivity contribution in [1.82, 2.24) is 4.90 Å². The summed E-state index contributed by atoms with van der Waals surface area (Å²) in [5.41, 5.74) is -0.0257. The first kappa shape index (κ1) is 27.5. The van der Waals surface area contributed by atoms with Gasteiger partial charge in [0.1, 0.15) is 22.5 Å². The van der Waals surface area contributed by atoms with Gasteiger partial charge >= 0.3 is 6.09 Å². The number of carbonyl (C=O) groups is 2. The fourth-order valence-electron chi connectivity index (χ4n) is 7.72. The second-order valence-corrected chi connectivity index (χ2v) is 12.4. The van der Waals surface area contributed by atoms with E-state index < -0.39 is 28.9 Å². The summed E-state index contributed by atoms with van der Waals surface area (Å²) in [6.07, 6.45) is 0.989. The van der Waals surface area contributed by atoms with Gasteiger partial charge in [-0.3, -0.25) is 9.69 Å². The van der Waals surface area contributed by atoms with Crippen LogP contribution in [0, 0.1) is 0 Å². The Balaban J connectivity index is 1.71. The number of hydrogen-bond acceptors (Lipinski definition) is 8. The number of carbonyl (C=O) groups excluding carboxylic acids is 2. The molecule has 1 N–H and O–H groups in total. The van der Waals surface area contributed by atoms with Crippen molar-refractivity contribution >= 4 is 23.4 Å². The third-order valence-corrected chi connectivity index (χ3v) is 9.16. The van der Waals surface area contributed by atoms with Gasteiger partial charge in [0.15, 0.2) is 11.5 Å². The minimum atomic E-state index is -1.56. The molecule has 0 spiro atoms. The predicted molar refractivity (Wildman–Crippen MR) is 153 cm³/mol. The van der Waals surface area contributed by atoms with Crippen molar-refractivity contribution in [1.29, 1.82) is 0 Å². The maximum Gasteiger partial charge on any atom is 0.410 e. The number of ether oxygens (including phenoxy) is 4. The van der Waals surface area contributed by atoms with Crippen molar-refractivity contribution < 1.29 is 33.6 Å². The number of nitrogens with zero attached hydrogens (tertiary/aromatic N) is 3. The highest BCUT2D eigenvalue weighted by molar-refractivity contribution is 6.02. The molecule has 0 bridgehead atoms. The second kappa shape index (κ2) is 9.17. The standard InChI is InChI=1S/C31H39N3O7/c1-29(2,3)41-28(36)33-16-14-30(37)19-9-8-10-21(38-5)25(19)34-23(35)12-11-22(33)31(30,34)20-17-18-13-15-32(4)24(18)27(40-7)26(20)39-6/h8-10,17,22,37H,11-16H2,1-7H3/t22?,30-,31+/m1/s1. The van der Waals surface area contributed by atoms with Crippen molar-refractivity contribution in [3.63, 3.8) is 0 Å². The van der Waals surface area contributed by atoms with Crippen LogP contribution in [0.25, 0.3) is 0 Å². The van der Waals surface area contributed by atoms with Gasteiger partial charge in [0, 0.05) is 44.1 Å². The topological polar surface area (TPSA) is 101 Å². The smallest absolute Gasteiger partial charge is 0.410 e. The average molecular weight is 566 g/mol. The van der Waals surface area contributed by atoms with Crippen molar-refractivity contribution in [3.8, 4) is 17.2 Å². The lowest BCUT2D eigenvalue weighted by atomic mass is 9.61. The minimum Gasteiger partial charge on any atom is -0.495 e. The number of para-hydroxylation sites is 1. The number of benzene rings is 2. The van der Waals surface area contributed by atoms with Gasteiger partial charge in [0.2, 0.25) is 5.91 Å². The molecular weight excluding hydrogens is 526 g/mol. The normalized spacial score (nSPS) is 26.4. The van der Waals surface area contributed by atoms with Crippen LogP contribution in [-0.4, -0.2) is 75.1 Å². The first-order chi connectivity index (χ1) is 19.4. The zero-order chi connectivity index (χ0) is 29.5. The number of piperidine rings is 2. The van der Waals surface area contributed by atoms with E-state index in [2.05, 4.69) is 4.90 Å². The zero-order valence-corrected chi connectivity index (χ0v) is 24.9. The molecule has 4 aliphatic heterocycles. The van der Waals surface area contributed by atoms with Crippen LogP contribution in [0.4, 0.5) is 16.2 Å². The number of anilines is 2. The molecule has 10 heteroatoms. The Bertz CT molecular complexity index is 1440. The van der Waals surface area contributed by atoms with Crippen LogP contribution in [0.2, 0.25) is 0 Å². The fourth-order valence-corrected chi connectivity index (χ4v) is 7.72. The predicted octanol–water partition coefficient (Wildman–Crippen LogP) is 3.94. The Labute approximate surface area is 240 Å². The summed E-state index contributed by atoms with van der Waals surface area (Å²) in [6.45, 7) is 6.54. The molecule has 0 saturated carbocycles. The van der Waals surface area contributed by atoms with Crippen LogP contribution in [0.15, 0.2) is 24.3 Å². The quantitative estimate of drug-likeness (QED) is 0.595. The zero-order valence-electron chi connectivity index (χ0n) is 24.9. The third-order valence-electron chi connectivity index (χ3n) is 9.16. The Morgan fingerprint density at radius 2 is 1.73 bits per heavy atom. The van der Waals surface area contributed by atoms with Gasteiger partial charge < -0.3 is 33.9 Å². The van der Waals surface area contributed by atoms with Crippen molar-refractivity contribution in [2.75, 3.05) is 51.3 Å². The van der Waals surface area contributed by atoms with E-state index in [0.717, 1.165) is 24.2 Å². The molecule has 0 radical (unpaired) electrons. The molecule has 4 heterocycles. The minimum absolute atomic E-state index is 0.160. The molecule has 3 atom stereocenters. The van der Waals surface area contributed by atoms with Crippen LogP contribution in [-0.2, 0) is 27.1 Å². The van der Waals surface area contributed by atoms with Gasteiger partial charge in [-0.1, -0.05) is 12.1 Å². The number of amides is 2. The van der Waals surface area contributed by atoms with Crippen LogP contribution in [0.3, 0.4) is 0 Å². The van der Waals surface area contributed by atoms with Crippen LogP contribution >= 0.6 is 0 Å². The number of aliphatic hydroxyl groups is 1. The number of rotatable bonds is 4. The van der Waals surface area contributed by atoms with Crippen molar-refractivity contribution in [3.05, 3.63) is 41.0 Å². The Hall–Kier alpha value is -3.66. The highest BCUT2D eigenvalue weighted by atomic mass is 16.6. The summed E-state index contributed by atoms with van der Waals surface area (Å²) < 4.78 is 23.8. The monoisotopic (exact) mass is 565 g/mol. The van der Waals surface area contributed by atoms with Gasteiger partial charge in [-0.15, -0.1) is 0 Å². The number of hydrogen-bond donors (Lipinski definition) is 1. The third kappa shape index (κ3) is 3.52. The van der Waals surface area contributed by atoms with Gasteiger partial charge in [0.05, 0.1) is 38.7 Å². The highest BCUT2D eigenvalue weighted by Gasteiger charge is 2.73. The van der Waals surface area contributed by atoms with Gasteiger partial charge in [-0.2, -0.15) is 0 Å². The van der Waals surface area contributed by atoms with Crippen LogP contribution in [0.5, 0.6) is 17.2 Å². The number of fused-ring (bicyclic) bond motifs is 4. The van der Waals surface area contributed by atoms with Gasteiger partial charge in [0.25, 0.3) is 0 Å². The molecule has 10 nitrogen and oxygen atoms in total. The Morgan fingerprint density at radius 3 is 2.39 bits per heavy atom. The lowest BCUT2D eigenvalue weighted by molar-refractivity contribution is -0.147. The fraction of sp³-hybridized carbons (Fsp3) is 0.548. The van der Waals surface area contributed by atoms with E-state index in [1.54, 1.807) is 37.2 Å². The first-order valence-electron chi connectivity index (χ1n) is 14.2. The molecule has 2 amide bonds. The first-order valence-corrected chi connectivity index (χ1v) is 14.2. The second-order valence-electron chi connectivity index (χ2n) is 12.4. The maximum absolute atomic E-state index is 14.1. The highest BCUT2D eigenvalue weighted by Crippen LogP contribution is 2.68. The molecular formula is C31H39N3O7. The molecule has 220 valence electrons. The Morgan fingerprint density at radius 1 is 1.00 bits per heavy atom. The molecule has 2 aromatic rings. The van der Waals surface area contributed by atoms with Gasteiger partial charge in [-0.25, -0.2) is 4.79 Å². The number of methoxy groups -OCH3 is 3. The SMILES string of the molecule is COc1cccc2c1N1C(=O)CCC3N(C(=O)OC(C)(C)C)CC[C@]2(O)[C@]31c1cc2c(c(OC)c1OC)N(C)CC2. The molecule has 0 aliphatic carbocycles. The largest absolute Gasteiger partial charge is 0.495 e. The van der Waals surface area contributed by atoms with Crippen molar-refractivity contribution in [2.45, 2.75) is 69.2 Å². The van der Waals surface area contributed by atoms with Crippen LogP contribution in [0.1, 0.15) is 56.7 Å². The lowest BCUT2D eigenvalue weighted by Crippen LogP contribution is -2.74. The van der Waals surface area contributed by atoms with E-state index >= 15 is 0 Å².